The van der Waals surface area contributed by atoms with Crippen LogP contribution in [-0.2, 0) is 11.3 Å². The molecule has 220 valence electrons. The minimum Gasteiger partial charge on any atom is -0.493 e. The standard InChI is InChI=1S/C28H26ClF6N3O3/c1-26(27(30,31)32,28(33,34)35)24(39)36-14-17-7-12-21(29)20(13-17)23-4-2-3-22(37-25(40)38-23)18-8-10-19(11-9-18)41-15-16-5-6-16/h4,7-13,16H,2-3,5-6,14-15H2,1H3,(H,36,39)(H,38,40). The van der Waals surface area contributed by atoms with E-state index in [1.165, 1.54) is 31.0 Å². The molecule has 0 bridgehead atoms. The molecule has 2 aromatic carbocycles. The highest BCUT2D eigenvalue weighted by molar-refractivity contribution is 6.32. The molecule has 41 heavy (non-hydrogen) atoms. The Morgan fingerprint density at radius 1 is 1.07 bits per heavy atom. The van der Waals surface area contributed by atoms with Gasteiger partial charge in [0, 0.05) is 22.8 Å². The summed E-state index contributed by atoms with van der Waals surface area (Å²) in [5, 5.41) is 4.50. The van der Waals surface area contributed by atoms with Crippen molar-refractivity contribution in [1.29, 1.82) is 0 Å². The van der Waals surface area contributed by atoms with Crippen molar-refractivity contribution in [3.8, 4) is 5.75 Å². The van der Waals surface area contributed by atoms with Crippen LogP contribution in [0.15, 0.2) is 53.5 Å². The molecule has 2 aliphatic rings. The van der Waals surface area contributed by atoms with E-state index < -0.39 is 36.3 Å². The van der Waals surface area contributed by atoms with Gasteiger partial charge in [-0.3, -0.25) is 4.79 Å². The van der Waals surface area contributed by atoms with Crippen LogP contribution in [0.1, 0.15) is 49.3 Å². The molecule has 2 N–H and O–H groups in total. The Hall–Kier alpha value is -3.54. The van der Waals surface area contributed by atoms with Crippen LogP contribution in [-0.4, -0.2) is 36.6 Å². The van der Waals surface area contributed by atoms with Crippen LogP contribution in [0.5, 0.6) is 5.75 Å². The lowest BCUT2D eigenvalue weighted by atomic mass is 9.87. The summed E-state index contributed by atoms with van der Waals surface area (Å²) in [6.07, 6.45) is -6.85. The summed E-state index contributed by atoms with van der Waals surface area (Å²) in [5.41, 5.74) is -2.62. The average molecular weight is 602 g/mol. The minimum atomic E-state index is -5.86. The van der Waals surface area contributed by atoms with Gasteiger partial charge >= 0.3 is 18.4 Å². The molecule has 0 radical (unpaired) electrons. The summed E-state index contributed by atoms with van der Waals surface area (Å²) in [4.78, 5) is 28.9. The zero-order chi connectivity index (χ0) is 30.0. The summed E-state index contributed by atoms with van der Waals surface area (Å²) in [7, 11) is 0. The molecule has 0 spiro atoms. The number of alkyl halides is 6. The van der Waals surface area contributed by atoms with E-state index >= 15 is 0 Å². The highest BCUT2D eigenvalue weighted by atomic mass is 35.5. The van der Waals surface area contributed by atoms with Crippen LogP contribution < -0.4 is 15.4 Å². The molecule has 1 heterocycles. The number of carbonyl (C=O) groups excluding carboxylic acids is 2. The summed E-state index contributed by atoms with van der Waals surface area (Å²) < 4.78 is 84.9. The third-order valence-electron chi connectivity index (χ3n) is 6.94. The number of urea groups is 1. The SMILES string of the molecule is CC(C(=O)NCc1ccc(Cl)c(C2=CCCC(c3ccc(OCC4CC4)cc3)=NC(=O)N2)c1)(C(F)(F)F)C(F)(F)F. The predicted molar refractivity (Wildman–Crippen MR) is 140 cm³/mol. The van der Waals surface area contributed by atoms with E-state index in [9.17, 15) is 35.9 Å². The molecule has 0 atom stereocenters. The fourth-order valence-corrected chi connectivity index (χ4v) is 4.24. The van der Waals surface area contributed by atoms with Crippen molar-refractivity contribution in [1.82, 2.24) is 10.6 Å². The number of ether oxygens (including phenoxy) is 1. The predicted octanol–water partition coefficient (Wildman–Crippen LogP) is 7.21. The number of aliphatic imine (C=N–C) groups is 1. The number of nitrogens with zero attached hydrogens (tertiary/aromatic N) is 1. The van der Waals surface area contributed by atoms with Crippen molar-refractivity contribution in [2.75, 3.05) is 6.61 Å². The Morgan fingerprint density at radius 2 is 1.73 bits per heavy atom. The number of hydrogen-bond donors (Lipinski definition) is 2. The smallest absolute Gasteiger partial charge is 0.411 e. The Kier molecular flexibility index (Phi) is 8.72. The number of hydrogen-bond acceptors (Lipinski definition) is 3. The normalized spacial score (nSPS) is 16.6. The number of allylic oxidation sites excluding steroid dienone is 1. The zero-order valence-corrected chi connectivity index (χ0v) is 22.5. The van der Waals surface area contributed by atoms with E-state index in [1.807, 2.05) is 24.3 Å². The summed E-state index contributed by atoms with van der Waals surface area (Å²) in [6, 6.07) is 10.6. The van der Waals surface area contributed by atoms with Crippen molar-refractivity contribution in [3.63, 3.8) is 0 Å². The highest BCUT2D eigenvalue weighted by Gasteiger charge is 2.72. The molecular formula is C28H26ClF6N3O3. The molecule has 1 fully saturated rings. The number of carbonyl (C=O) groups is 2. The molecule has 4 rings (SSSR count). The molecule has 0 aromatic heterocycles. The number of amides is 3. The van der Waals surface area contributed by atoms with Crippen molar-refractivity contribution in [2.45, 2.75) is 51.5 Å². The van der Waals surface area contributed by atoms with Gasteiger partial charge in [0.15, 0.2) is 0 Å². The van der Waals surface area contributed by atoms with Crippen molar-refractivity contribution in [3.05, 3.63) is 70.3 Å². The first kappa shape index (κ1) is 30.4. The lowest BCUT2D eigenvalue weighted by molar-refractivity contribution is -0.319. The molecule has 6 nitrogen and oxygen atoms in total. The van der Waals surface area contributed by atoms with E-state index in [-0.39, 0.29) is 28.8 Å². The molecule has 13 heteroatoms. The fraction of sp³-hybridized carbons (Fsp3) is 0.393. The molecule has 1 aliphatic carbocycles. The van der Waals surface area contributed by atoms with Crippen molar-refractivity contribution < 1.29 is 40.7 Å². The number of nitrogens with one attached hydrogen (secondary N) is 2. The summed E-state index contributed by atoms with van der Waals surface area (Å²) in [6.45, 7) is -0.182. The van der Waals surface area contributed by atoms with Crippen LogP contribution in [0.2, 0.25) is 5.02 Å². The largest absolute Gasteiger partial charge is 0.493 e. The summed E-state index contributed by atoms with van der Waals surface area (Å²) in [5.74, 6) is -0.899. The Morgan fingerprint density at radius 3 is 2.34 bits per heavy atom. The van der Waals surface area contributed by atoms with Crippen molar-refractivity contribution >= 4 is 34.9 Å². The van der Waals surface area contributed by atoms with E-state index in [4.69, 9.17) is 16.3 Å². The fourth-order valence-electron chi connectivity index (χ4n) is 4.02. The maximum absolute atomic E-state index is 13.2. The molecular weight excluding hydrogens is 576 g/mol. The van der Waals surface area contributed by atoms with Gasteiger partial charge in [-0.1, -0.05) is 23.7 Å². The average Bonchev–Trinajstić information content (AvgIpc) is 3.72. The quantitative estimate of drug-likeness (QED) is 0.314. The first-order valence-electron chi connectivity index (χ1n) is 12.7. The third-order valence-corrected chi connectivity index (χ3v) is 7.27. The van der Waals surface area contributed by atoms with Crippen LogP contribution in [0.3, 0.4) is 0 Å². The second-order valence-electron chi connectivity index (χ2n) is 10.0. The molecule has 2 aromatic rings. The Bertz CT molecular complexity index is 1350. The first-order chi connectivity index (χ1) is 19.2. The number of rotatable bonds is 8. The van der Waals surface area contributed by atoms with Crippen LogP contribution in [0.25, 0.3) is 5.70 Å². The van der Waals surface area contributed by atoms with Gasteiger partial charge in [-0.15, -0.1) is 0 Å². The maximum Gasteiger partial charge on any atom is 0.411 e. The van der Waals surface area contributed by atoms with Crippen molar-refractivity contribution in [2.24, 2.45) is 16.3 Å². The first-order valence-corrected chi connectivity index (χ1v) is 13.1. The molecule has 3 amide bonds. The van der Waals surface area contributed by atoms with Gasteiger partial charge in [0.2, 0.25) is 11.3 Å². The molecule has 1 aliphatic heterocycles. The van der Waals surface area contributed by atoms with Gasteiger partial charge in [-0.05, 0) is 86.1 Å². The maximum atomic E-state index is 13.2. The van der Waals surface area contributed by atoms with Crippen LogP contribution in [0.4, 0.5) is 31.1 Å². The molecule has 0 saturated heterocycles. The second kappa shape index (κ2) is 11.8. The van der Waals surface area contributed by atoms with E-state index in [2.05, 4.69) is 10.3 Å². The molecule has 0 unspecified atom stereocenters. The van der Waals surface area contributed by atoms with E-state index in [1.54, 1.807) is 11.4 Å². The molecule has 1 saturated carbocycles. The van der Waals surface area contributed by atoms with Gasteiger partial charge < -0.3 is 15.4 Å². The van der Waals surface area contributed by atoms with Gasteiger partial charge in [0.05, 0.1) is 12.3 Å². The van der Waals surface area contributed by atoms with E-state index in [0.29, 0.717) is 31.1 Å². The third kappa shape index (κ3) is 7.03. The van der Waals surface area contributed by atoms with Gasteiger partial charge in [0.25, 0.3) is 0 Å². The van der Waals surface area contributed by atoms with Crippen LogP contribution in [0, 0.1) is 11.3 Å². The van der Waals surface area contributed by atoms with Gasteiger partial charge in [-0.25, -0.2) is 4.79 Å². The second-order valence-corrected chi connectivity index (χ2v) is 10.4. The van der Waals surface area contributed by atoms with Gasteiger partial charge in [0.1, 0.15) is 5.75 Å². The Balaban J connectivity index is 1.44. The lowest BCUT2D eigenvalue weighted by Crippen LogP contribution is -2.57. The minimum absolute atomic E-state index is 0.161. The zero-order valence-electron chi connectivity index (χ0n) is 21.8. The topological polar surface area (TPSA) is 79.8 Å². The van der Waals surface area contributed by atoms with E-state index in [0.717, 1.165) is 11.3 Å². The number of benzene rings is 2. The van der Waals surface area contributed by atoms with Crippen LogP contribution >= 0.6 is 11.6 Å². The highest BCUT2D eigenvalue weighted by Crippen LogP contribution is 2.50. The number of halogens is 7. The lowest BCUT2D eigenvalue weighted by Gasteiger charge is -2.32. The summed E-state index contributed by atoms with van der Waals surface area (Å²) >= 11 is 6.29. The van der Waals surface area contributed by atoms with Gasteiger partial charge in [-0.2, -0.15) is 31.3 Å². The monoisotopic (exact) mass is 601 g/mol. The Labute approximate surface area is 236 Å².